The second kappa shape index (κ2) is 6.87. The molecule has 2 fully saturated rings. The van der Waals surface area contributed by atoms with Gasteiger partial charge in [-0.3, -0.25) is 9.80 Å². The normalized spacial score (nSPS) is 23.2. The van der Waals surface area contributed by atoms with Gasteiger partial charge in [0.05, 0.1) is 26.4 Å². The van der Waals surface area contributed by atoms with Crippen LogP contribution in [-0.2, 0) is 9.47 Å². The Balaban J connectivity index is 2.08. The quantitative estimate of drug-likeness (QED) is 0.554. The third-order valence-corrected chi connectivity index (χ3v) is 4.25. The van der Waals surface area contributed by atoms with Crippen LogP contribution in [0.25, 0.3) is 0 Å². The van der Waals surface area contributed by atoms with Gasteiger partial charge >= 0.3 is 0 Å². The van der Waals surface area contributed by atoms with Crippen LogP contribution in [-0.4, -0.2) is 76.6 Å². The SMILES string of the molecule is C[Si](C)(C)C#CC(N1CCOCC1)N1CCOCC1. The van der Waals surface area contributed by atoms with Crippen LogP contribution in [0.3, 0.4) is 0 Å². The van der Waals surface area contributed by atoms with E-state index in [2.05, 4.69) is 40.9 Å². The van der Waals surface area contributed by atoms with E-state index in [0.717, 1.165) is 52.6 Å². The molecule has 0 bridgehead atoms. The van der Waals surface area contributed by atoms with Gasteiger partial charge in [0.15, 0.2) is 0 Å². The highest BCUT2D eigenvalue weighted by Crippen LogP contribution is 2.11. The van der Waals surface area contributed by atoms with E-state index in [0.29, 0.717) is 0 Å². The Hall–Kier alpha value is -0.383. The summed E-state index contributed by atoms with van der Waals surface area (Å²) in [7, 11) is -1.32. The minimum absolute atomic E-state index is 0.250. The first kappa shape index (κ1) is 15.0. The van der Waals surface area contributed by atoms with Crippen LogP contribution in [0.15, 0.2) is 0 Å². The summed E-state index contributed by atoms with van der Waals surface area (Å²) < 4.78 is 10.9. The Labute approximate surface area is 118 Å². The molecule has 4 nitrogen and oxygen atoms in total. The Morgan fingerprint density at radius 2 is 1.26 bits per heavy atom. The standard InChI is InChI=1S/C14H26N2O2Si/c1-19(2,3)13-4-14(15-5-9-17-10-6-15)16-7-11-18-12-8-16/h14H,5-12H2,1-3H3. The molecule has 2 rings (SSSR count). The van der Waals surface area contributed by atoms with Gasteiger partial charge in [-0.15, -0.1) is 5.54 Å². The lowest BCUT2D eigenvalue weighted by atomic mass is 10.3. The van der Waals surface area contributed by atoms with Gasteiger partial charge in [0.1, 0.15) is 14.2 Å². The number of hydrogen-bond acceptors (Lipinski definition) is 4. The molecule has 0 aromatic carbocycles. The molecule has 0 saturated carbocycles. The predicted molar refractivity (Wildman–Crippen MR) is 79.7 cm³/mol. The van der Waals surface area contributed by atoms with Crippen molar-refractivity contribution < 1.29 is 9.47 Å². The van der Waals surface area contributed by atoms with Gasteiger partial charge in [0.25, 0.3) is 0 Å². The molecule has 2 saturated heterocycles. The summed E-state index contributed by atoms with van der Waals surface area (Å²) in [5, 5.41) is 0. The maximum absolute atomic E-state index is 5.46. The van der Waals surface area contributed by atoms with Crippen LogP contribution < -0.4 is 0 Å². The first-order valence-corrected chi connectivity index (χ1v) is 10.7. The number of ether oxygens (including phenoxy) is 2. The fraction of sp³-hybridized carbons (Fsp3) is 0.857. The number of hydrogen-bond donors (Lipinski definition) is 0. The van der Waals surface area contributed by atoms with Crippen LogP contribution in [0.2, 0.25) is 19.6 Å². The van der Waals surface area contributed by atoms with Crippen molar-refractivity contribution in [1.29, 1.82) is 0 Å². The van der Waals surface area contributed by atoms with Gasteiger partial charge in [-0.2, -0.15) is 0 Å². The molecule has 0 unspecified atom stereocenters. The molecule has 0 aliphatic carbocycles. The lowest BCUT2D eigenvalue weighted by Crippen LogP contribution is -2.54. The molecular formula is C14H26N2O2Si. The van der Waals surface area contributed by atoms with Gasteiger partial charge in [-0.05, 0) is 0 Å². The molecule has 2 heterocycles. The van der Waals surface area contributed by atoms with E-state index in [4.69, 9.17) is 9.47 Å². The van der Waals surface area contributed by atoms with Gasteiger partial charge in [-0.25, -0.2) is 0 Å². The van der Waals surface area contributed by atoms with E-state index in [1.807, 2.05) is 0 Å². The van der Waals surface area contributed by atoms with Crippen LogP contribution in [0.5, 0.6) is 0 Å². The predicted octanol–water partition coefficient (Wildman–Crippen LogP) is 0.858. The Morgan fingerprint density at radius 3 is 1.63 bits per heavy atom. The van der Waals surface area contributed by atoms with Crippen molar-refractivity contribution in [2.45, 2.75) is 25.8 Å². The Morgan fingerprint density at radius 1 is 0.842 bits per heavy atom. The first-order chi connectivity index (χ1) is 9.06. The largest absolute Gasteiger partial charge is 0.379 e. The third kappa shape index (κ3) is 4.90. The molecule has 0 amide bonds. The molecular weight excluding hydrogens is 256 g/mol. The zero-order chi connectivity index (χ0) is 13.7. The van der Waals surface area contributed by atoms with Gasteiger partial charge in [0, 0.05) is 26.2 Å². The van der Waals surface area contributed by atoms with Crippen molar-refractivity contribution in [2.75, 3.05) is 52.6 Å². The van der Waals surface area contributed by atoms with Crippen LogP contribution in [0.4, 0.5) is 0 Å². The van der Waals surface area contributed by atoms with E-state index < -0.39 is 8.07 Å². The lowest BCUT2D eigenvalue weighted by molar-refractivity contribution is -0.0458. The fourth-order valence-electron chi connectivity index (χ4n) is 2.34. The van der Waals surface area contributed by atoms with Crippen molar-refractivity contribution in [3.8, 4) is 11.5 Å². The van der Waals surface area contributed by atoms with E-state index in [9.17, 15) is 0 Å². The topological polar surface area (TPSA) is 24.9 Å². The highest BCUT2D eigenvalue weighted by atomic mass is 28.3. The third-order valence-electron chi connectivity index (χ3n) is 3.36. The molecule has 0 aromatic heterocycles. The summed E-state index contributed by atoms with van der Waals surface area (Å²) in [6, 6.07) is 0. The number of nitrogens with zero attached hydrogens (tertiary/aromatic N) is 2. The smallest absolute Gasteiger partial charge is 0.129 e. The molecule has 0 atom stereocenters. The molecule has 2 aliphatic heterocycles. The second-order valence-corrected chi connectivity index (χ2v) is 10.9. The first-order valence-electron chi connectivity index (χ1n) is 7.22. The highest BCUT2D eigenvalue weighted by molar-refractivity contribution is 6.83. The Kier molecular flexibility index (Phi) is 5.43. The highest BCUT2D eigenvalue weighted by Gasteiger charge is 2.26. The summed E-state index contributed by atoms with van der Waals surface area (Å²) in [5.74, 6) is 3.55. The van der Waals surface area contributed by atoms with Crippen molar-refractivity contribution in [1.82, 2.24) is 9.80 Å². The molecule has 2 aliphatic rings. The van der Waals surface area contributed by atoms with Crippen LogP contribution in [0.1, 0.15) is 0 Å². The molecule has 108 valence electrons. The average molecular weight is 282 g/mol. The van der Waals surface area contributed by atoms with E-state index in [-0.39, 0.29) is 6.17 Å². The summed E-state index contributed by atoms with van der Waals surface area (Å²) in [5.41, 5.74) is 3.54. The zero-order valence-corrected chi connectivity index (χ0v) is 13.4. The Bertz CT molecular complexity index is 316. The van der Waals surface area contributed by atoms with Crippen LogP contribution >= 0.6 is 0 Å². The minimum Gasteiger partial charge on any atom is -0.379 e. The molecule has 0 radical (unpaired) electrons. The van der Waals surface area contributed by atoms with E-state index in [1.165, 1.54) is 0 Å². The van der Waals surface area contributed by atoms with Gasteiger partial charge in [-0.1, -0.05) is 25.6 Å². The molecule has 0 spiro atoms. The van der Waals surface area contributed by atoms with Crippen LogP contribution in [0, 0.1) is 11.5 Å². The summed E-state index contributed by atoms with van der Waals surface area (Å²) >= 11 is 0. The monoisotopic (exact) mass is 282 g/mol. The zero-order valence-electron chi connectivity index (χ0n) is 12.4. The van der Waals surface area contributed by atoms with E-state index in [1.54, 1.807) is 0 Å². The van der Waals surface area contributed by atoms with E-state index >= 15 is 0 Å². The summed E-state index contributed by atoms with van der Waals surface area (Å²) in [4.78, 5) is 4.92. The van der Waals surface area contributed by atoms with Crippen molar-refractivity contribution in [3.05, 3.63) is 0 Å². The number of morpholine rings is 2. The summed E-state index contributed by atoms with van der Waals surface area (Å²) in [6.07, 6.45) is 0.250. The lowest BCUT2D eigenvalue weighted by Gasteiger charge is -2.40. The van der Waals surface area contributed by atoms with Crippen molar-refractivity contribution in [3.63, 3.8) is 0 Å². The summed E-state index contributed by atoms with van der Waals surface area (Å²) in [6.45, 7) is 14.2. The van der Waals surface area contributed by atoms with Crippen molar-refractivity contribution in [2.24, 2.45) is 0 Å². The molecule has 0 aromatic rings. The maximum Gasteiger partial charge on any atom is 0.129 e. The van der Waals surface area contributed by atoms with Gasteiger partial charge < -0.3 is 9.47 Å². The van der Waals surface area contributed by atoms with Gasteiger partial charge in [0.2, 0.25) is 0 Å². The number of rotatable bonds is 2. The second-order valence-electron chi connectivity index (χ2n) is 6.19. The van der Waals surface area contributed by atoms with Crippen molar-refractivity contribution >= 4 is 8.07 Å². The molecule has 19 heavy (non-hydrogen) atoms. The fourth-order valence-corrected chi connectivity index (χ4v) is 2.90. The molecule has 0 N–H and O–H groups in total. The maximum atomic E-state index is 5.46. The average Bonchev–Trinajstić information content (AvgIpc) is 2.40. The minimum atomic E-state index is -1.32. The molecule has 5 heteroatoms.